The molecular formula is C2N3O3. The minimum Gasteiger partial charge on any atom is -0.356 e. The van der Waals surface area contributed by atoms with Crippen LogP contribution in [0.4, 0.5) is 6.01 Å². The Bertz CT molecular complexity index is 180. The first-order valence-electron chi connectivity index (χ1n) is 1.64. The fourth-order valence-electron chi connectivity index (χ4n) is 0.219. The Hall–Kier alpha value is -1.46. The van der Waals surface area contributed by atoms with Gasteiger partial charge in [-0.3, -0.25) is 0 Å². The molecule has 0 aromatic carbocycles. The molecule has 0 aliphatic carbocycles. The van der Waals surface area contributed by atoms with E-state index in [-0.39, 0.29) is 0 Å². The van der Waals surface area contributed by atoms with E-state index in [2.05, 4.69) is 14.6 Å². The first kappa shape index (κ1) is 4.69. The van der Waals surface area contributed by atoms with Gasteiger partial charge in [-0.2, -0.15) is 0 Å². The van der Waals surface area contributed by atoms with Crippen LogP contribution >= 0.6 is 0 Å². The van der Waals surface area contributed by atoms with E-state index >= 15 is 0 Å². The number of hydrogen-bond donors (Lipinski definition) is 0. The van der Waals surface area contributed by atoms with Crippen LogP contribution in [0.25, 0.3) is 0 Å². The molecule has 6 nitrogen and oxygen atoms in total. The molecule has 0 aliphatic rings. The first-order chi connectivity index (χ1) is 3.80. The summed E-state index contributed by atoms with van der Waals surface area (Å²) in [5.74, 6) is 0. The molecule has 0 N–H and O–H groups in total. The van der Waals surface area contributed by atoms with E-state index in [1.807, 2.05) is 6.39 Å². The fraction of sp³-hybridized carbons (Fsp3) is 0. The Morgan fingerprint density at radius 2 is 2.62 bits per heavy atom. The average molecular weight is 114 g/mol. The highest BCUT2D eigenvalue weighted by Crippen LogP contribution is 1.99. The molecule has 0 fully saturated rings. The second-order valence-corrected chi connectivity index (χ2v) is 0.933. The third-order valence-electron chi connectivity index (χ3n) is 0.469. The van der Waals surface area contributed by atoms with Crippen LogP contribution in [0.2, 0.25) is 0 Å². The van der Waals surface area contributed by atoms with Gasteiger partial charge in [0.2, 0.25) is 0 Å². The summed E-state index contributed by atoms with van der Waals surface area (Å²) in [6.45, 7) is 0. The maximum atomic E-state index is 9.65. The van der Waals surface area contributed by atoms with Gasteiger partial charge >= 0.3 is 12.4 Å². The fourth-order valence-corrected chi connectivity index (χ4v) is 0.219. The van der Waals surface area contributed by atoms with Crippen molar-refractivity contribution >= 4 is 6.01 Å². The average Bonchev–Trinajstić information content (AvgIpc) is 2.12. The van der Waals surface area contributed by atoms with Crippen molar-refractivity contribution in [2.45, 2.75) is 0 Å². The largest absolute Gasteiger partial charge is 0.572 e. The summed E-state index contributed by atoms with van der Waals surface area (Å²) in [4.78, 5) is 8.86. The van der Waals surface area contributed by atoms with Crippen molar-refractivity contribution in [3.8, 4) is 0 Å². The van der Waals surface area contributed by atoms with Gasteiger partial charge in [-0.05, 0) is 0 Å². The van der Waals surface area contributed by atoms with Crippen LogP contribution in [0, 0.1) is 16.5 Å². The van der Waals surface area contributed by atoms with E-state index in [4.69, 9.17) is 0 Å². The van der Waals surface area contributed by atoms with Crippen LogP contribution in [-0.4, -0.2) is 15.1 Å². The zero-order chi connectivity index (χ0) is 5.98. The van der Waals surface area contributed by atoms with Crippen LogP contribution in [-0.2, 0) is 0 Å². The highest BCUT2D eigenvalue weighted by atomic mass is 16.7. The predicted octanol–water partition coefficient (Wildman–Crippen LogP) is -0.222. The Morgan fingerprint density at radius 3 is 2.88 bits per heavy atom. The molecule has 1 aromatic rings. The number of nitrogens with zero attached hydrogens (tertiary/aromatic N) is 3. The van der Waals surface area contributed by atoms with Gasteiger partial charge in [-0.1, -0.05) is 0 Å². The number of rotatable bonds is 1. The first-order valence-corrected chi connectivity index (χ1v) is 1.64. The molecule has 1 radical (unpaired) electrons. The molecule has 8 heavy (non-hydrogen) atoms. The standard InChI is InChI=1S/C2N3O3/c6-5(7)2-4-3-1-8-2. The van der Waals surface area contributed by atoms with Crippen molar-refractivity contribution in [1.82, 2.24) is 10.2 Å². The van der Waals surface area contributed by atoms with Gasteiger partial charge in [0, 0.05) is 10.0 Å². The van der Waals surface area contributed by atoms with Crippen LogP contribution in [0.1, 0.15) is 0 Å². The molecule has 0 atom stereocenters. The van der Waals surface area contributed by atoms with E-state index in [9.17, 15) is 10.1 Å². The summed E-state index contributed by atoms with van der Waals surface area (Å²) < 4.78 is 4.05. The van der Waals surface area contributed by atoms with Crippen LogP contribution in [0.5, 0.6) is 0 Å². The second-order valence-electron chi connectivity index (χ2n) is 0.933. The normalized spacial score (nSPS) is 9.00. The van der Waals surface area contributed by atoms with Crippen LogP contribution < -0.4 is 0 Å². The summed E-state index contributed by atoms with van der Waals surface area (Å²) in [5, 5.41) is 15.6. The summed E-state index contributed by atoms with van der Waals surface area (Å²) in [6.07, 6.45) is 1.83. The maximum absolute atomic E-state index is 9.65. The minimum atomic E-state index is -0.788. The lowest BCUT2D eigenvalue weighted by Crippen LogP contribution is -1.86. The molecule has 0 unspecified atom stereocenters. The molecule has 0 aliphatic heterocycles. The Kier molecular flexibility index (Phi) is 0.918. The molecule has 1 heterocycles. The third-order valence-corrected chi connectivity index (χ3v) is 0.469. The highest BCUT2D eigenvalue weighted by Gasteiger charge is 2.10. The molecule has 0 bridgehead atoms. The molecule has 0 spiro atoms. The number of aromatic nitrogens is 2. The van der Waals surface area contributed by atoms with Crippen LogP contribution in [0.15, 0.2) is 4.42 Å². The topological polar surface area (TPSA) is 82.1 Å². The third kappa shape index (κ3) is 0.625. The Balaban J connectivity index is 2.93. The van der Waals surface area contributed by atoms with Gasteiger partial charge < -0.3 is 14.5 Å². The van der Waals surface area contributed by atoms with Crippen LogP contribution in [0.3, 0.4) is 0 Å². The summed E-state index contributed by atoms with van der Waals surface area (Å²) >= 11 is 0. The minimum absolute atomic E-state index is 0.634. The second kappa shape index (κ2) is 1.57. The van der Waals surface area contributed by atoms with Gasteiger partial charge in [0.05, 0.1) is 0 Å². The summed E-state index contributed by atoms with van der Waals surface area (Å²) in [6, 6.07) is -0.634. The molecule has 1 rings (SSSR count). The Labute approximate surface area is 43.3 Å². The predicted molar refractivity (Wildman–Crippen MR) is 19.8 cm³/mol. The van der Waals surface area contributed by atoms with Crippen molar-refractivity contribution in [2.24, 2.45) is 0 Å². The molecular weight excluding hydrogens is 114 g/mol. The summed E-state index contributed by atoms with van der Waals surface area (Å²) in [5.41, 5.74) is 0. The molecule has 1 aromatic heterocycles. The highest BCUT2D eigenvalue weighted by molar-refractivity contribution is 4.86. The van der Waals surface area contributed by atoms with Crippen molar-refractivity contribution < 1.29 is 9.34 Å². The molecule has 0 saturated carbocycles. The Morgan fingerprint density at radius 1 is 1.88 bits per heavy atom. The molecule has 0 amide bonds. The van der Waals surface area contributed by atoms with E-state index in [1.54, 1.807) is 0 Å². The van der Waals surface area contributed by atoms with Gasteiger partial charge in [0.15, 0.2) is 0 Å². The quantitative estimate of drug-likeness (QED) is 0.372. The van der Waals surface area contributed by atoms with E-state index in [1.165, 1.54) is 0 Å². The van der Waals surface area contributed by atoms with Crippen molar-refractivity contribution in [2.75, 3.05) is 0 Å². The molecule has 41 valence electrons. The van der Waals surface area contributed by atoms with Gasteiger partial charge in [0.25, 0.3) is 0 Å². The lowest BCUT2D eigenvalue weighted by molar-refractivity contribution is -0.407. The van der Waals surface area contributed by atoms with Crippen molar-refractivity contribution in [1.29, 1.82) is 0 Å². The van der Waals surface area contributed by atoms with Crippen molar-refractivity contribution in [3.63, 3.8) is 0 Å². The van der Waals surface area contributed by atoms with Gasteiger partial charge in [-0.15, -0.1) is 0 Å². The van der Waals surface area contributed by atoms with Gasteiger partial charge in [0.1, 0.15) is 5.10 Å². The zero-order valence-electron chi connectivity index (χ0n) is 3.57. The summed E-state index contributed by atoms with van der Waals surface area (Å²) in [7, 11) is 0. The maximum Gasteiger partial charge on any atom is 0.572 e. The number of nitro groups is 1. The molecule has 6 heteroatoms. The smallest absolute Gasteiger partial charge is 0.356 e. The lowest BCUT2D eigenvalue weighted by atomic mass is 11.2. The monoisotopic (exact) mass is 114 g/mol. The van der Waals surface area contributed by atoms with E-state index < -0.39 is 10.9 Å². The van der Waals surface area contributed by atoms with E-state index in [0.717, 1.165) is 0 Å². The lowest BCUT2D eigenvalue weighted by Gasteiger charge is -1.77. The zero-order valence-corrected chi connectivity index (χ0v) is 3.57. The van der Waals surface area contributed by atoms with Crippen molar-refractivity contribution in [3.05, 3.63) is 16.5 Å². The van der Waals surface area contributed by atoms with E-state index in [0.29, 0.717) is 0 Å². The SMILES string of the molecule is O=[N+]([O-])c1nn[c]o1. The van der Waals surface area contributed by atoms with Gasteiger partial charge in [-0.25, -0.2) is 0 Å². The molecule has 0 saturated heterocycles. The number of hydrogen-bond acceptors (Lipinski definition) is 5.